The topological polar surface area (TPSA) is 80.1 Å². The Kier molecular flexibility index (Phi) is 5.42. The molecule has 7 nitrogen and oxygen atoms in total. The molecule has 1 spiro atoms. The van der Waals surface area contributed by atoms with Gasteiger partial charge in [-0.1, -0.05) is 29.5 Å². The summed E-state index contributed by atoms with van der Waals surface area (Å²) >= 11 is 7.97. The summed E-state index contributed by atoms with van der Waals surface area (Å²) in [5.41, 5.74) is 2.11. The van der Waals surface area contributed by atoms with E-state index in [4.69, 9.17) is 11.6 Å². The maximum absolute atomic E-state index is 13.2. The summed E-state index contributed by atoms with van der Waals surface area (Å²) in [6.45, 7) is 3.53. The van der Waals surface area contributed by atoms with E-state index in [9.17, 15) is 9.59 Å². The molecule has 2 amide bonds. The minimum atomic E-state index is -0.333. The van der Waals surface area contributed by atoms with Gasteiger partial charge in [-0.3, -0.25) is 14.3 Å². The molecule has 3 aromatic heterocycles. The minimum Gasteiger partial charge on any atom is -0.341 e. The van der Waals surface area contributed by atoms with Gasteiger partial charge in [-0.05, 0) is 55.7 Å². The van der Waals surface area contributed by atoms with Crippen molar-refractivity contribution in [3.63, 3.8) is 0 Å². The van der Waals surface area contributed by atoms with Gasteiger partial charge in [0, 0.05) is 36.2 Å². The van der Waals surface area contributed by atoms with Crippen molar-refractivity contribution in [2.24, 2.45) is 11.3 Å². The molecule has 9 heteroatoms. The summed E-state index contributed by atoms with van der Waals surface area (Å²) in [4.78, 5) is 32.8. The summed E-state index contributed by atoms with van der Waals surface area (Å²) in [5.74, 6) is 6.94. The first kappa shape index (κ1) is 22.3. The number of carbonyl (C=O) groups excluding carboxylic acids is 2. The molecule has 1 N–H and O–H groups in total. The number of nitrogens with one attached hydrogen (secondary N) is 1. The number of aryl methyl sites for hydroxylation is 1. The lowest BCUT2D eigenvalue weighted by atomic mass is 9.60. The first-order valence-electron chi connectivity index (χ1n) is 11.8. The number of aromatic nitrogens is 3. The van der Waals surface area contributed by atoms with Gasteiger partial charge in [-0.15, -0.1) is 11.3 Å². The fourth-order valence-electron chi connectivity index (χ4n) is 5.13. The van der Waals surface area contributed by atoms with E-state index in [2.05, 4.69) is 27.2 Å². The van der Waals surface area contributed by atoms with Gasteiger partial charge in [0.15, 0.2) is 0 Å². The molecule has 1 aliphatic heterocycles. The number of pyridine rings is 1. The van der Waals surface area contributed by atoms with Gasteiger partial charge in [-0.25, -0.2) is 4.98 Å². The fourth-order valence-corrected chi connectivity index (χ4v) is 5.92. The molecule has 0 aromatic carbocycles. The van der Waals surface area contributed by atoms with Gasteiger partial charge in [0.1, 0.15) is 11.5 Å². The molecule has 2 saturated carbocycles. The SMILES string of the molecule is Cc1cc(C#Cc2cccs2)cnc1NC(=O)c1c(Cl)cnn1C1CC2(C1)CN(C(=O)C1CC1)C2. The van der Waals surface area contributed by atoms with Crippen LogP contribution in [-0.4, -0.2) is 44.6 Å². The Morgan fingerprint density at radius 2 is 2.03 bits per heavy atom. The third-order valence-corrected chi connectivity index (χ3v) is 8.16. The highest BCUT2D eigenvalue weighted by molar-refractivity contribution is 7.10. The second-order valence-corrected chi connectivity index (χ2v) is 11.2. The summed E-state index contributed by atoms with van der Waals surface area (Å²) < 4.78 is 1.74. The molecule has 178 valence electrons. The van der Waals surface area contributed by atoms with Crippen molar-refractivity contribution in [2.75, 3.05) is 18.4 Å². The second-order valence-electron chi connectivity index (χ2n) is 9.89. The van der Waals surface area contributed by atoms with Crippen molar-refractivity contribution in [2.45, 2.75) is 38.6 Å². The minimum absolute atomic E-state index is 0.102. The van der Waals surface area contributed by atoms with E-state index < -0.39 is 0 Å². The average molecular weight is 506 g/mol. The number of nitrogens with zero attached hydrogens (tertiary/aromatic N) is 4. The number of anilines is 1. The molecule has 0 radical (unpaired) electrons. The number of carbonyl (C=O) groups is 2. The first-order chi connectivity index (χ1) is 16.9. The zero-order valence-corrected chi connectivity index (χ0v) is 20.8. The van der Waals surface area contributed by atoms with Crippen molar-refractivity contribution in [3.8, 4) is 11.8 Å². The highest BCUT2D eigenvalue weighted by atomic mass is 35.5. The largest absolute Gasteiger partial charge is 0.341 e. The number of rotatable bonds is 4. The van der Waals surface area contributed by atoms with Crippen molar-refractivity contribution < 1.29 is 9.59 Å². The summed E-state index contributed by atoms with van der Waals surface area (Å²) in [5, 5.41) is 9.60. The first-order valence-corrected chi connectivity index (χ1v) is 13.0. The molecule has 0 atom stereocenters. The highest BCUT2D eigenvalue weighted by Gasteiger charge is 2.56. The maximum atomic E-state index is 13.2. The quantitative estimate of drug-likeness (QED) is 0.528. The van der Waals surface area contributed by atoms with Crippen molar-refractivity contribution in [3.05, 3.63) is 62.7 Å². The number of likely N-dealkylation sites (tertiary alicyclic amines) is 1. The van der Waals surface area contributed by atoms with E-state index in [0.29, 0.717) is 22.4 Å². The van der Waals surface area contributed by atoms with Crippen LogP contribution in [0.25, 0.3) is 0 Å². The molecule has 4 heterocycles. The normalized spacial score (nSPS) is 18.4. The Balaban J connectivity index is 1.11. The smallest absolute Gasteiger partial charge is 0.276 e. The van der Waals surface area contributed by atoms with Crippen LogP contribution in [0.1, 0.15) is 58.2 Å². The van der Waals surface area contributed by atoms with Crippen LogP contribution in [0.3, 0.4) is 0 Å². The highest BCUT2D eigenvalue weighted by Crippen LogP contribution is 2.55. The number of thiophene rings is 1. The monoisotopic (exact) mass is 505 g/mol. The van der Waals surface area contributed by atoms with Crippen molar-refractivity contribution in [1.29, 1.82) is 0 Å². The Morgan fingerprint density at radius 3 is 2.71 bits per heavy atom. The number of hydrogen-bond donors (Lipinski definition) is 1. The summed E-state index contributed by atoms with van der Waals surface area (Å²) in [6, 6.07) is 5.94. The van der Waals surface area contributed by atoms with E-state index in [1.54, 1.807) is 22.2 Å². The molecule has 6 rings (SSSR count). The zero-order valence-electron chi connectivity index (χ0n) is 19.3. The van der Waals surface area contributed by atoms with Gasteiger partial charge >= 0.3 is 0 Å². The van der Waals surface area contributed by atoms with Gasteiger partial charge < -0.3 is 10.2 Å². The summed E-state index contributed by atoms with van der Waals surface area (Å²) in [6.07, 6.45) is 7.05. The third-order valence-electron chi connectivity index (χ3n) is 7.10. The van der Waals surface area contributed by atoms with E-state index >= 15 is 0 Å². The van der Waals surface area contributed by atoms with Crippen LogP contribution < -0.4 is 5.32 Å². The fraction of sp³-hybridized carbons (Fsp3) is 0.385. The molecular weight excluding hydrogens is 482 g/mol. The van der Waals surface area contributed by atoms with Crippen LogP contribution in [0.5, 0.6) is 0 Å². The molecule has 3 aromatic rings. The van der Waals surface area contributed by atoms with Crippen LogP contribution in [0.2, 0.25) is 5.02 Å². The molecule has 35 heavy (non-hydrogen) atoms. The van der Waals surface area contributed by atoms with Crippen molar-refractivity contribution in [1.82, 2.24) is 19.7 Å². The molecular formula is C26H24ClN5O2S. The lowest BCUT2D eigenvalue weighted by Gasteiger charge is -2.59. The lowest BCUT2D eigenvalue weighted by Crippen LogP contribution is -2.64. The second kappa shape index (κ2) is 8.51. The molecule has 3 fully saturated rings. The molecule has 0 unspecified atom stereocenters. The standard InChI is InChI=1S/C26H24ClN5O2S/c1-16-9-17(4-7-20-3-2-8-35-20)12-28-23(16)30-24(33)22-21(27)13-29-32(22)19-10-26(11-19)14-31(15-26)25(34)18-5-6-18/h2-3,8-9,12-13,18-19H,5-6,10-11,14-15H2,1H3,(H,28,30,33). The zero-order chi connectivity index (χ0) is 24.2. The van der Waals surface area contributed by atoms with Gasteiger partial charge in [0.2, 0.25) is 5.91 Å². The molecule has 3 aliphatic rings. The summed E-state index contributed by atoms with van der Waals surface area (Å²) in [7, 11) is 0. The van der Waals surface area contributed by atoms with Gasteiger partial charge in [0.05, 0.1) is 22.1 Å². The Labute approximate surface area is 212 Å². The van der Waals surface area contributed by atoms with Crippen LogP contribution >= 0.6 is 22.9 Å². The maximum Gasteiger partial charge on any atom is 0.276 e. The molecule has 0 bridgehead atoms. The van der Waals surface area contributed by atoms with Crippen LogP contribution in [0, 0.1) is 30.1 Å². The van der Waals surface area contributed by atoms with E-state index in [0.717, 1.165) is 54.8 Å². The number of hydrogen-bond acceptors (Lipinski definition) is 5. The lowest BCUT2D eigenvalue weighted by molar-refractivity contribution is -0.155. The van der Waals surface area contributed by atoms with E-state index in [1.807, 2.05) is 35.4 Å². The Morgan fingerprint density at radius 1 is 1.23 bits per heavy atom. The van der Waals surface area contributed by atoms with E-state index in [-0.39, 0.29) is 23.3 Å². The van der Waals surface area contributed by atoms with E-state index in [1.165, 1.54) is 6.20 Å². The number of halogens is 1. The van der Waals surface area contributed by atoms with Gasteiger partial charge in [0.25, 0.3) is 5.91 Å². The number of amides is 2. The third kappa shape index (κ3) is 4.24. The average Bonchev–Trinajstić information content (AvgIpc) is 3.37. The predicted octanol–water partition coefficient (Wildman–Crippen LogP) is 4.53. The predicted molar refractivity (Wildman–Crippen MR) is 134 cm³/mol. The molecule has 1 saturated heterocycles. The Bertz CT molecular complexity index is 1370. The Hall–Kier alpha value is -3.15. The van der Waals surface area contributed by atoms with Crippen LogP contribution in [0.4, 0.5) is 5.82 Å². The van der Waals surface area contributed by atoms with Crippen molar-refractivity contribution >= 4 is 40.6 Å². The van der Waals surface area contributed by atoms with Gasteiger partial charge in [-0.2, -0.15) is 5.10 Å². The van der Waals surface area contributed by atoms with Crippen LogP contribution in [0.15, 0.2) is 36.0 Å². The molecule has 2 aliphatic carbocycles. The van der Waals surface area contributed by atoms with Crippen LogP contribution in [-0.2, 0) is 4.79 Å².